The second-order valence-corrected chi connectivity index (χ2v) is 7.08. The minimum atomic E-state index is -4.66. The van der Waals surface area contributed by atoms with E-state index in [4.69, 9.17) is 0 Å². The van der Waals surface area contributed by atoms with Crippen LogP contribution in [0.1, 0.15) is 58.9 Å². The Kier molecular flexibility index (Phi) is 5.39. The lowest BCUT2D eigenvalue weighted by Crippen LogP contribution is -2.35. The molecular weight excluding hydrogens is 357 g/mol. The van der Waals surface area contributed by atoms with Gasteiger partial charge in [-0.3, -0.25) is 9.59 Å². The van der Waals surface area contributed by atoms with E-state index in [9.17, 15) is 22.8 Å². The Bertz CT molecular complexity index is 868. The minimum Gasteiger partial charge on any atom is -0.345 e. The number of hydrogen-bond donors (Lipinski definition) is 2. The number of aromatic amines is 1. The van der Waals surface area contributed by atoms with Crippen LogP contribution in [0.2, 0.25) is 0 Å². The second kappa shape index (κ2) is 7.58. The van der Waals surface area contributed by atoms with Gasteiger partial charge in [0.05, 0.1) is 6.04 Å². The van der Waals surface area contributed by atoms with Crippen LogP contribution in [0.25, 0.3) is 0 Å². The number of hydrogen-bond acceptors (Lipinski definition) is 2. The summed E-state index contributed by atoms with van der Waals surface area (Å²) in [5.41, 5.74) is -0.535. The van der Waals surface area contributed by atoms with Crippen LogP contribution in [0.3, 0.4) is 0 Å². The van der Waals surface area contributed by atoms with Gasteiger partial charge in [0, 0.05) is 0 Å². The third-order valence-corrected chi connectivity index (χ3v) is 5.04. The molecule has 4 nitrogen and oxygen atoms in total. The Labute approximate surface area is 154 Å². The number of carbonyl (C=O) groups excluding carboxylic acids is 1. The lowest BCUT2D eigenvalue weighted by Gasteiger charge is -2.30. The number of amides is 1. The largest absolute Gasteiger partial charge is 0.431 e. The normalized spacial score (nSPS) is 15.9. The van der Waals surface area contributed by atoms with E-state index in [1.807, 2.05) is 31.2 Å². The van der Waals surface area contributed by atoms with Gasteiger partial charge in [-0.1, -0.05) is 49.1 Å². The molecule has 1 unspecified atom stereocenters. The summed E-state index contributed by atoms with van der Waals surface area (Å²) in [5.74, 6) is -0.169. The summed E-state index contributed by atoms with van der Waals surface area (Å²) in [4.78, 5) is 26.3. The van der Waals surface area contributed by atoms with Crippen LogP contribution >= 0.6 is 0 Å². The van der Waals surface area contributed by atoms with Crippen molar-refractivity contribution in [2.24, 2.45) is 5.92 Å². The fraction of sp³-hybridized carbons (Fsp3) is 0.400. The van der Waals surface area contributed by atoms with Gasteiger partial charge in [-0.15, -0.1) is 0 Å². The van der Waals surface area contributed by atoms with Crippen molar-refractivity contribution in [3.8, 4) is 0 Å². The molecule has 27 heavy (non-hydrogen) atoms. The van der Waals surface area contributed by atoms with Crippen LogP contribution < -0.4 is 10.9 Å². The highest BCUT2D eigenvalue weighted by atomic mass is 19.4. The highest BCUT2D eigenvalue weighted by Gasteiger charge is 2.32. The second-order valence-electron chi connectivity index (χ2n) is 7.08. The van der Waals surface area contributed by atoms with Crippen LogP contribution in [0.15, 0.2) is 41.2 Å². The van der Waals surface area contributed by atoms with E-state index in [0.29, 0.717) is 12.0 Å². The van der Waals surface area contributed by atoms with Gasteiger partial charge in [0.25, 0.3) is 11.5 Å². The van der Waals surface area contributed by atoms with Crippen LogP contribution in [-0.4, -0.2) is 10.9 Å². The van der Waals surface area contributed by atoms with E-state index in [1.165, 1.54) is 0 Å². The molecule has 0 saturated heterocycles. The van der Waals surface area contributed by atoms with Crippen molar-refractivity contribution in [1.29, 1.82) is 0 Å². The average Bonchev–Trinajstić information content (AvgIpc) is 2.56. The molecule has 1 atom stereocenters. The van der Waals surface area contributed by atoms with E-state index in [2.05, 4.69) is 5.32 Å². The molecule has 2 N–H and O–H groups in total. The first-order valence-corrected chi connectivity index (χ1v) is 8.92. The summed E-state index contributed by atoms with van der Waals surface area (Å²) in [5, 5.41) is 2.83. The first-order chi connectivity index (χ1) is 12.7. The van der Waals surface area contributed by atoms with Gasteiger partial charge >= 0.3 is 6.18 Å². The number of carbonyl (C=O) groups is 1. The molecule has 1 aliphatic rings. The van der Waals surface area contributed by atoms with Crippen molar-refractivity contribution < 1.29 is 18.0 Å². The fourth-order valence-corrected chi connectivity index (χ4v) is 3.19. The van der Waals surface area contributed by atoms with E-state index >= 15 is 0 Å². The number of H-pyrrole nitrogens is 1. The van der Waals surface area contributed by atoms with Crippen LogP contribution in [0, 0.1) is 12.8 Å². The molecule has 3 rings (SSSR count). The number of benzene rings is 1. The molecule has 0 radical (unpaired) electrons. The lowest BCUT2D eigenvalue weighted by atomic mass is 9.79. The number of alkyl halides is 3. The maximum atomic E-state index is 12.7. The molecule has 0 bridgehead atoms. The van der Waals surface area contributed by atoms with Gasteiger partial charge in [0.15, 0.2) is 0 Å². The molecule has 1 aromatic heterocycles. The van der Waals surface area contributed by atoms with Gasteiger partial charge in [-0.25, -0.2) is 0 Å². The third-order valence-electron chi connectivity index (χ3n) is 5.04. The highest BCUT2D eigenvalue weighted by Crippen LogP contribution is 2.35. The Morgan fingerprint density at radius 1 is 1.19 bits per heavy atom. The van der Waals surface area contributed by atoms with Gasteiger partial charge in [-0.05, 0) is 37.0 Å². The Morgan fingerprint density at radius 3 is 2.37 bits per heavy atom. The molecule has 144 valence electrons. The van der Waals surface area contributed by atoms with Gasteiger partial charge in [-0.2, -0.15) is 13.2 Å². The predicted molar refractivity (Wildman–Crippen MR) is 95.4 cm³/mol. The minimum absolute atomic E-state index is 0.287. The molecule has 1 aliphatic carbocycles. The maximum Gasteiger partial charge on any atom is 0.431 e. The zero-order valence-electron chi connectivity index (χ0n) is 14.9. The van der Waals surface area contributed by atoms with Gasteiger partial charge in [0.1, 0.15) is 11.3 Å². The van der Waals surface area contributed by atoms with Crippen LogP contribution in [0.4, 0.5) is 13.2 Å². The Morgan fingerprint density at radius 2 is 1.85 bits per heavy atom. The zero-order valence-corrected chi connectivity index (χ0v) is 14.9. The van der Waals surface area contributed by atoms with E-state index < -0.39 is 23.3 Å². The molecule has 1 fully saturated rings. The van der Waals surface area contributed by atoms with E-state index in [1.54, 1.807) is 4.98 Å². The van der Waals surface area contributed by atoms with Crippen molar-refractivity contribution >= 4 is 5.91 Å². The highest BCUT2D eigenvalue weighted by molar-refractivity contribution is 5.94. The summed E-state index contributed by atoms with van der Waals surface area (Å²) in [6.45, 7) is 1.96. The standard InChI is InChI=1S/C20H21F3N2O2/c1-12-5-7-14(8-6-12)16(11-13-3-2-4-13)24-18(26)15-9-10-17(20(21,22)23)25-19(15)27/h5-10,13,16H,2-4,11H2,1H3,(H,24,26)(H,25,27). The smallest absolute Gasteiger partial charge is 0.345 e. The number of aromatic nitrogens is 1. The number of rotatable bonds is 5. The van der Waals surface area contributed by atoms with Crippen LogP contribution in [-0.2, 0) is 6.18 Å². The number of halogens is 3. The molecular formula is C20H21F3N2O2. The first kappa shape index (κ1) is 19.2. The van der Waals surface area contributed by atoms with Crippen molar-refractivity contribution in [3.63, 3.8) is 0 Å². The molecule has 0 spiro atoms. The molecule has 0 aliphatic heterocycles. The Hall–Kier alpha value is -2.57. The van der Waals surface area contributed by atoms with Crippen molar-refractivity contribution in [1.82, 2.24) is 10.3 Å². The molecule has 1 heterocycles. The Balaban J connectivity index is 1.81. The predicted octanol–water partition coefficient (Wildman–Crippen LogP) is 4.36. The third kappa shape index (κ3) is 4.59. The molecule has 1 saturated carbocycles. The van der Waals surface area contributed by atoms with Crippen molar-refractivity contribution in [2.75, 3.05) is 0 Å². The molecule has 1 aromatic carbocycles. The van der Waals surface area contributed by atoms with Crippen molar-refractivity contribution in [2.45, 2.75) is 44.8 Å². The summed E-state index contributed by atoms with van der Waals surface area (Å²) in [7, 11) is 0. The molecule has 7 heteroatoms. The quantitative estimate of drug-likeness (QED) is 0.812. The van der Waals surface area contributed by atoms with Gasteiger partial charge < -0.3 is 10.3 Å². The monoisotopic (exact) mass is 378 g/mol. The summed E-state index contributed by atoms with van der Waals surface area (Å²) < 4.78 is 38.0. The molecule has 1 amide bonds. The lowest BCUT2D eigenvalue weighted by molar-refractivity contribution is -0.141. The first-order valence-electron chi connectivity index (χ1n) is 8.92. The van der Waals surface area contributed by atoms with Crippen molar-refractivity contribution in [3.05, 3.63) is 69.1 Å². The summed E-state index contributed by atoms with van der Waals surface area (Å²) >= 11 is 0. The topological polar surface area (TPSA) is 62.0 Å². The number of aryl methyl sites for hydroxylation is 1. The maximum absolute atomic E-state index is 12.7. The number of pyridine rings is 1. The SMILES string of the molecule is Cc1ccc(C(CC2CCC2)NC(=O)c2ccc(C(F)(F)F)[nH]c2=O)cc1. The van der Waals surface area contributed by atoms with E-state index in [0.717, 1.165) is 42.9 Å². The summed E-state index contributed by atoms with van der Waals surface area (Å²) in [6.07, 6.45) is -0.563. The fourth-order valence-electron chi connectivity index (χ4n) is 3.19. The molecule has 2 aromatic rings. The number of nitrogens with one attached hydrogen (secondary N) is 2. The zero-order chi connectivity index (χ0) is 19.6. The average molecular weight is 378 g/mol. The van der Waals surface area contributed by atoms with Gasteiger partial charge in [0.2, 0.25) is 0 Å². The van der Waals surface area contributed by atoms with E-state index in [-0.39, 0.29) is 11.6 Å². The summed E-state index contributed by atoms with van der Waals surface area (Å²) in [6, 6.07) is 9.09. The van der Waals surface area contributed by atoms with Crippen LogP contribution in [0.5, 0.6) is 0 Å².